The van der Waals surface area contributed by atoms with Crippen LogP contribution >= 0.6 is 0 Å². The number of hydrogen-bond acceptors (Lipinski definition) is 2. The number of nitrogens with one attached hydrogen (secondary N) is 1. The summed E-state index contributed by atoms with van der Waals surface area (Å²) in [6.45, 7) is 7.28. The molecule has 0 aliphatic carbocycles. The molecule has 0 spiro atoms. The number of allylic oxidation sites excluding steroid dienone is 1. The van der Waals surface area contributed by atoms with E-state index < -0.39 is 12.0 Å². The van der Waals surface area contributed by atoms with Crippen LogP contribution in [0.25, 0.3) is 0 Å². The summed E-state index contributed by atoms with van der Waals surface area (Å²) < 4.78 is 0. The second-order valence-electron chi connectivity index (χ2n) is 5.58. The molecule has 1 amide bonds. The zero-order valence-electron chi connectivity index (χ0n) is 12.9. The molecule has 0 rings (SSSR count). The average molecular weight is 283 g/mol. The normalized spacial score (nSPS) is 12.2. The van der Waals surface area contributed by atoms with Gasteiger partial charge in [0, 0.05) is 6.42 Å². The van der Waals surface area contributed by atoms with E-state index in [9.17, 15) is 9.59 Å². The molecule has 0 aromatic carbocycles. The summed E-state index contributed by atoms with van der Waals surface area (Å²) >= 11 is 0. The SMILES string of the molecule is C=CCCCCCCCCC(=O)N[C@H](C(=O)O)C(C)C. The van der Waals surface area contributed by atoms with Gasteiger partial charge in [-0.15, -0.1) is 6.58 Å². The molecule has 116 valence electrons. The van der Waals surface area contributed by atoms with E-state index >= 15 is 0 Å². The van der Waals surface area contributed by atoms with Crippen molar-refractivity contribution in [1.82, 2.24) is 5.32 Å². The fraction of sp³-hybridized carbons (Fsp3) is 0.750. The smallest absolute Gasteiger partial charge is 0.326 e. The quantitative estimate of drug-likeness (QED) is 0.425. The van der Waals surface area contributed by atoms with Gasteiger partial charge in [-0.05, 0) is 25.2 Å². The monoisotopic (exact) mass is 283 g/mol. The zero-order valence-corrected chi connectivity index (χ0v) is 12.9. The van der Waals surface area contributed by atoms with E-state index in [1.165, 1.54) is 19.3 Å². The molecule has 0 aromatic rings. The van der Waals surface area contributed by atoms with Gasteiger partial charge in [-0.2, -0.15) is 0 Å². The summed E-state index contributed by atoms with van der Waals surface area (Å²) in [7, 11) is 0. The van der Waals surface area contributed by atoms with Crippen LogP contribution in [0.5, 0.6) is 0 Å². The Morgan fingerprint density at radius 2 is 1.65 bits per heavy atom. The molecule has 0 aliphatic heterocycles. The Hall–Kier alpha value is -1.32. The number of unbranched alkanes of at least 4 members (excludes halogenated alkanes) is 6. The number of hydrogen-bond donors (Lipinski definition) is 2. The van der Waals surface area contributed by atoms with Gasteiger partial charge in [0.05, 0.1) is 0 Å². The average Bonchev–Trinajstić information content (AvgIpc) is 2.38. The van der Waals surface area contributed by atoms with Crippen molar-refractivity contribution in [1.29, 1.82) is 0 Å². The first-order valence-electron chi connectivity index (χ1n) is 7.62. The van der Waals surface area contributed by atoms with Crippen molar-refractivity contribution in [2.75, 3.05) is 0 Å². The minimum Gasteiger partial charge on any atom is -0.480 e. The Labute approximate surface area is 122 Å². The summed E-state index contributed by atoms with van der Waals surface area (Å²) in [6.07, 6.45) is 10.0. The summed E-state index contributed by atoms with van der Waals surface area (Å²) in [5.41, 5.74) is 0. The predicted octanol–water partition coefficient (Wildman–Crippen LogP) is 3.52. The Morgan fingerprint density at radius 1 is 1.10 bits per heavy atom. The molecular formula is C16H29NO3. The highest BCUT2D eigenvalue weighted by molar-refractivity contribution is 5.83. The summed E-state index contributed by atoms with van der Waals surface area (Å²) in [5, 5.41) is 11.6. The molecule has 20 heavy (non-hydrogen) atoms. The van der Waals surface area contributed by atoms with Gasteiger partial charge in [0.2, 0.25) is 5.91 Å². The Morgan fingerprint density at radius 3 is 2.15 bits per heavy atom. The lowest BCUT2D eigenvalue weighted by molar-refractivity contribution is -0.143. The van der Waals surface area contributed by atoms with Crippen LogP contribution in [-0.4, -0.2) is 23.0 Å². The molecule has 0 saturated carbocycles. The highest BCUT2D eigenvalue weighted by Gasteiger charge is 2.22. The van der Waals surface area contributed by atoms with Crippen LogP contribution in [-0.2, 0) is 9.59 Å². The Balaban J connectivity index is 3.62. The highest BCUT2D eigenvalue weighted by Crippen LogP contribution is 2.09. The van der Waals surface area contributed by atoms with Gasteiger partial charge >= 0.3 is 5.97 Å². The minimum absolute atomic E-state index is 0.0960. The van der Waals surface area contributed by atoms with Crippen molar-refractivity contribution in [3.05, 3.63) is 12.7 Å². The van der Waals surface area contributed by atoms with Crippen LogP contribution in [0.2, 0.25) is 0 Å². The van der Waals surface area contributed by atoms with Crippen molar-refractivity contribution in [3.63, 3.8) is 0 Å². The number of carbonyl (C=O) groups excluding carboxylic acids is 1. The van der Waals surface area contributed by atoms with E-state index in [1.54, 1.807) is 13.8 Å². The maximum atomic E-state index is 11.7. The lowest BCUT2D eigenvalue weighted by Gasteiger charge is -2.17. The van der Waals surface area contributed by atoms with E-state index in [0.29, 0.717) is 6.42 Å². The van der Waals surface area contributed by atoms with Crippen LogP contribution in [0.3, 0.4) is 0 Å². The first-order valence-corrected chi connectivity index (χ1v) is 7.62. The first-order chi connectivity index (χ1) is 9.49. The fourth-order valence-corrected chi connectivity index (χ4v) is 2.04. The molecule has 4 nitrogen and oxygen atoms in total. The third-order valence-electron chi connectivity index (χ3n) is 3.31. The molecule has 0 saturated heterocycles. The Kier molecular flexibility index (Phi) is 10.7. The molecule has 1 atom stereocenters. The standard InChI is InChI=1S/C16H29NO3/c1-4-5-6-7-8-9-10-11-12-14(18)17-15(13(2)3)16(19)20/h4,13,15H,1,5-12H2,2-3H3,(H,17,18)(H,19,20)/t15-/m0/s1. The molecular weight excluding hydrogens is 254 g/mol. The van der Waals surface area contributed by atoms with Crippen molar-refractivity contribution < 1.29 is 14.7 Å². The van der Waals surface area contributed by atoms with Gasteiger partial charge in [-0.1, -0.05) is 45.6 Å². The topological polar surface area (TPSA) is 66.4 Å². The van der Waals surface area contributed by atoms with Gasteiger partial charge in [0.1, 0.15) is 6.04 Å². The maximum Gasteiger partial charge on any atom is 0.326 e. The second kappa shape index (κ2) is 11.5. The van der Waals surface area contributed by atoms with Gasteiger partial charge in [0.15, 0.2) is 0 Å². The molecule has 4 heteroatoms. The number of aliphatic carboxylic acids is 1. The van der Waals surface area contributed by atoms with Crippen molar-refractivity contribution in [3.8, 4) is 0 Å². The third kappa shape index (κ3) is 9.59. The molecule has 0 bridgehead atoms. The van der Waals surface area contributed by atoms with E-state index in [-0.39, 0.29) is 11.8 Å². The second-order valence-corrected chi connectivity index (χ2v) is 5.58. The van der Waals surface area contributed by atoms with Gasteiger partial charge in [-0.3, -0.25) is 4.79 Å². The largest absolute Gasteiger partial charge is 0.480 e. The minimum atomic E-state index is -0.962. The van der Waals surface area contributed by atoms with Crippen LogP contribution in [0.1, 0.15) is 65.2 Å². The highest BCUT2D eigenvalue weighted by atomic mass is 16.4. The summed E-state index contributed by atoms with van der Waals surface area (Å²) in [6, 6.07) is -0.776. The van der Waals surface area contributed by atoms with E-state index in [2.05, 4.69) is 11.9 Å². The zero-order chi connectivity index (χ0) is 15.4. The van der Waals surface area contributed by atoms with Gasteiger partial charge in [-0.25, -0.2) is 4.79 Å². The van der Waals surface area contributed by atoms with Crippen LogP contribution in [0, 0.1) is 5.92 Å². The van der Waals surface area contributed by atoms with E-state index in [4.69, 9.17) is 5.11 Å². The number of carboxylic acid groups (broad SMARTS) is 1. The fourth-order valence-electron chi connectivity index (χ4n) is 2.04. The van der Waals surface area contributed by atoms with Crippen LogP contribution in [0.15, 0.2) is 12.7 Å². The van der Waals surface area contributed by atoms with Crippen LogP contribution in [0.4, 0.5) is 0 Å². The van der Waals surface area contributed by atoms with Crippen molar-refractivity contribution in [2.45, 2.75) is 71.3 Å². The van der Waals surface area contributed by atoms with E-state index in [1.807, 2.05) is 6.08 Å². The molecule has 0 heterocycles. The van der Waals surface area contributed by atoms with E-state index in [0.717, 1.165) is 25.7 Å². The molecule has 0 fully saturated rings. The number of rotatable bonds is 12. The molecule has 0 aliphatic rings. The lowest BCUT2D eigenvalue weighted by Crippen LogP contribution is -2.44. The summed E-state index contributed by atoms with van der Waals surface area (Å²) in [5.74, 6) is -1.21. The maximum absolute atomic E-state index is 11.7. The van der Waals surface area contributed by atoms with Crippen molar-refractivity contribution in [2.24, 2.45) is 5.92 Å². The first kappa shape index (κ1) is 18.7. The Bertz CT molecular complexity index is 300. The number of amides is 1. The number of carboxylic acids is 1. The molecule has 0 unspecified atom stereocenters. The van der Waals surface area contributed by atoms with Gasteiger partial charge in [0.25, 0.3) is 0 Å². The third-order valence-corrected chi connectivity index (χ3v) is 3.31. The van der Waals surface area contributed by atoms with Gasteiger partial charge < -0.3 is 10.4 Å². The molecule has 2 N–H and O–H groups in total. The lowest BCUT2D eigenvalue weighted by atomic mass is 10.0. The predicted molar refractivity (Wildman–Crippen MR) is 81.5 cm³/mol. The number of carbonyl (C=O) groups is 2. The summed E-state index contributed by atoms with van der Waals surface area (Å²) in [4.78, 5) is 22.6. The van der Waals surface area contributed by atoms with Crippen molar-refractivity contribution >= 4 is 11.9 Å². The van der Waals surface area contributed by atoms with Crippen LogP contribution < -0.4 is 5.32 Å². The molecule has 0 radical (unpaired) electrons. The molecule has 0 aromatic heterocycles.